The largest absolute Gasteiger partial charge is 0.338 e. The number of para-hydroxylation sites is 1. The average Bonchev–Trinajstić information content (AvgIpc) is 2.60. The molecule has 0 saturated carbocycles. The highest BCUT2D eigenvalue weighted by molar-refractivity contribution is 7.99. The van der Waals surface area contributed by atoms with E-state index in [1.54, 1.807) is 27.7 Å². The minimum absolute atomic E-state index is 0.00283. The number of aromatic nitrogens is 2. The molecule has 132 valence electrons. The number of hydrogen-bond acceptors (Lipinski definition) is 4. The molecule has 1 aromatic carbocycles. The number of hydrogen-bond donors (Lipinski definition) is 0. The van der Waals surface area contributed by atoms with Crippen LogP contribution in [-0.4, -0.2) is 39.2 Å². The van der Waals surface area contributed by atoms with Gasteiger partial charge in [0.05, 0.1) is 16.7 Å². The lowest BCUT2D eigenvalue weighted by Crippen LogP contribution is -2.33. The minimum atomic E-state index is -0.116. The summed E-state index contributed by atoms with van der Waals surface area (Å²) in [6.07, 6.45) is 1.66. The highest BCUT2D eigenvalue weighted by Crippen LogP contribution is 2.18. The molecule has 2 rings (SSSR count). The van der Waals surface area contributed by atoms with Crippen molar-refractivity contribution in [1.82, 2.24) is 14.5 Å². The third-order valence-electron chi connectivity index (χ3n) is 3.66. The molecule has 0 N–H and O–H groups in total. The van der Waals surface area contributed by atoms with E-state index in [9.17, 15) is 9.59 Å². The second-order valence-corrected chi connectivity index (χ2v) is 6.71. The summed E-state index contributed by atoms with van der Waals surface area (Å²) in [5.74, 6) is 0.228. The van der Waals surface area contributed by atoms with Gasteiger partial charge in [0.1, 0.15) is 0 Å². The first-order chi connectivity index (χ1) is 12.0. The summed E-state index contributed by atoms with van der Waals surface area (Å²) < 4.78 is 1.56. The summed E-state index contributed by atoms with van der Waals surface area (Å²) >= 11 is 1.28. The van der Waals surface area contributed by atoms with Gasteiger partial charge in [0.15, 0.2) is 5.16 Å². The van der Waals surface area contributed by atoms with Crippen molar-refractivity contribution in [1.29, 1.82) is 0 Å². The molecule has 0 bridgehead atoms. The average molecular weight is 357 g/mol. The Bertz CT molecular complexity index is 857. The van der Waals surface area contributed by atoms with Crippen LogP contribution < -0.4 is 5.56 Å². The van der Waals surface area contributed by atoms with Gasteiger partial charge in [-0.2, -0.15) is 0 Å². The number of benzene rings is 1. The standard InChI is InChI=1S/C19H23N3O2S/c1-5-11-22-18(24)15-9-7-8-10-16(15)20-19(22)25-13-17(23)21(6-2)12-14(3)4/h5,7-10H,1,3,6,11-13H2,2,4H3. The molecule has 1 heterocycles. The van der Waals surface area contributed by atoms with Crippen molar-refractivity contribution in [2.45, 2.75) is 25.5 Å². The zero-order chi connectivity index (χ0) is 18.4. The molecule has 25 heavy (non-hydrogen) atoms. The molecule has 1 amide bonds. The van der Waals surface area contributed by atoms with Crippen molar-refractivity contribution in [2.24, 2.45) is 0 Å². The lowest BCUT2D eigenvalue weighted by atomic mass is 10.2. The van der Waals surface area contributed by atoms with Crippen LogP contribution in [0.3, 0.4) is 0 Å². The lowest BCUT2D eigenvalue weighted by molar-refractivity contribution is -0.127. The molecule has 6 heteroatoms. The molecule has 0 unspecified atom stereocenters. The first-order valence-electron chi connectivity index (χ1n) is 8.13. The van der Waals surface area contributed by atoms with Gasteiger partial charge in [-0.05, 0) is 26.0 Å². The Kier molecular flexibility index (Phi) is 6.58. The third-order valence-corrected chi connectivity index (χ3v) is 4.62. The van der Waals surface area contributed by atoms with E-state index in [1.165, 1.54) is 11.8 Å². The fourth-order valence-corrected chi connectivity index (χ4v) is 3.38. The van der Waals surface area contributed by atoms with Crippen molar-refractivity contribution in [2.75, 3.05) is 18.8 Å². The second-order valence-electron chi connectivity index (χ2n) is 5.77. The zero-order valence-electron chi connectivity index (χ0n) is 14.7. The van der Waals surface area contributed by atoms with Crippen molar-refractivity contribution in [3.8, 4) is 0 Å². The lowest BCUT2D eigenvalue weighted by Gasteiger charge is -2.21. The van der Waals surface area contributed by atoms with Gasteiger partial charge in [-0.3, -0.25) is 14.2 Å². The van der Waals surface area contributed by atoms with Crippen LogP contribution in [-0.2, 0) is 11.3 Å². The number of allylic oxidation sites excluding steroid dienone is 1. The van der Waals surface area contributed by atoms with Crippen LogP contribution in [0.25, 0.3) is 10.9 Å². The van der Waals surface area contributed by atoms with Gasteiger partial charge < -0.3 is 4.90 Å². The Hall–Kier alpha value is -2.34. The predicted molar refractivity (Wildman–Crippen MR) is 104 cm³/mol. The summed E-state index contributed by atoms with van der Waals surface area (Å²) in [5.41, 5.74) is 1.46. The predicted octanol–water partition coefficient (Wildman–Crippen LogP) is 3.10. The maximum absolute atomic E-state index is 12.7. The van der Waals surface area contributed by atoms with E-state index in [1.807, 2.05) is 26.0 Å². The van der Waals surface area contributed by atoms with Gasteiger partial charge in [-0.15, -0.1) is 6.58 Å². The summed E-state index contributed by atoms with van der Waals surface area (Å²) in [4.78, 5) is 31.4. The topological polar surface area (TPSA) is 55.2 Å². The number of rotatable bonds is 8. The maximum atomic E-state index is 12.7. The van der Waals surface area contributed by atoms with E-state index >= 15 is 0 Å². The van der Waals surface area contributed by atoms with Gasteiger partial charge in [0.2, 0.25) is 5.91 Å². The van der Waals surface area contributed by atoms with Gasteiger partial charge in [-0.1, -0.05) is 42.1 Å². The van der Waals surface area contributed by atoms with Gasteiger partial charge in [0, 0.05) is 19.6 Å². The van der Waals surface area contributed by atoms with E-state index in [2.05, 4.69) is 18.1 Å². The fourth-order valence-electron chi connectivity index (χ4n) is 2.47. The zero-order valence-corrected chi connectivity index (χ0v) is 15.5. The Morgan fingerprint density at radius 2 is 2.12 bits per heavy atom. The highest BCUT2D eigenvalue weighted by atomic mass is 32.2. The molecule has 0 spiro atoms. The number of amides is 1. The van der Waals surface area contributed by atoms with Crippen LogP contribution in [0.5, 0.6) is 0 Å². The number of carbonyl (C=O) groups is 1. The maximum Gasteiger partial charge on any atom is 0.262 e. The second kappa shape index (κ2) is 8.67. The molecule has 1 aromatic heterocycles. The van der Waals surface area contributed by atoms with Crippen LogP contribution in [0, 0.1) is 0 Å². The Morgan fingerprint density at radius 1 is 1.40 bits per heavy atom. The van der Waals surface area contributed by atoms with Crippen molar-refractivity contribution in [3.63, 3.8) is 0 Å². The van der Waals surface area contributed by atoms with Gasteiger partial charge in [0.25, 0.3) is 5.56 Å². The van der Waals surface area contributed by atoms with Crippen LogP contribution in [0.1, 0.15) is 13.8 Å². The quantitative estimate of drug-likeness (QED) is 0.414. The molecule has 0 aliphatic heterocycles. The molecule has 5 nitrogen and oxygen atoms in total. The van der Waals surface area contributed by atoms with E-state index in [0.717, 1.165) is 5.57 Å². The van der Waals surface area contributed by atoms with Crippen LogP contribution in [0.4, 0.5) is 0 Å². The smallest absolute Gasteiger partial charge is 0.262 e. The first kappa shape index (κ1) is 19.0. The Balaban J connectivity index is 2.29. The van der Waals surface area contributed by atoms with Crippen LogP contribution in [0.15, 0.2) is 59.0 Å². The van der Waals surface area contributed by atoms with E-state index in [0.29, 0.717) is 35.7 Å². The van der Waals surface area contributed by atoms with Crippen LogP contribution >= 0.6 is 11.8 Å². The van der Waals surface area contributed by atoms with E-state index < -0.39 is 0 Å². The summed E-state index contributed by atoms with van der Waals surface area (Å²) in [6.45, 7) is 12.9. The summed E-state index contributed by atoms with van der Waals surface area (Å²) in [5, 5.41) is 1.10. The molecule has 0 atom stereocenters. The Labute approximate surface area is 152 Å². The number of fused-ring (bicyclic) bond motifs is 1. The highest BCUT2D eigenvalue weighted by Gasteiger charge is 2.15. The van der Waals surface area contributed by atoms with E-state index in [-0.39, 0.29) is 17.2 Å². The minimum Gasteiger partial charge on any atom is -0.338 e. The van der Waals surface area contributed by atoms with Crippen molar-refractivity contribution in [3.05, 3.63) is 59.4 Å². The number of carbonyl (C=O) groups excluding carboxylic acids is 1. The number of nitrogens with zero attached hydrogens (tertiary/aromatic N) is 3. The number of thioether (sulfide) groups is 1. The monoisotopic (exact) mass is 357 g/mol. The molecular formula is C19H23N3O2S. The normalized spacial score (nSPS) is 10.6. The van der Waals surface area contributed by atoms with Crippen molar-refractivity contribution >= 4 is 28.6 Å². The molecule has 0 radical (unpaired) electrons. The number of likely N-dealkylation sites (N-methyl/N-ethyl adjacent to an activating group) is 1. The molecule has 0 aliphatic carbocycles. The SMILES string of the molecule is C=CCn1c(SCC(=O)N(CC)CC(=C)C)nc2ccccc2c1=O. The molecule has 0 saturated heterocycles. The first-order valence-corrected chi connectivity index (χ1v) is 9.11. The Morgan fingerprint density at radius 3 is 2.76 bits per heavy atom. The van der Waals surface area contributed by atoms with Gasteiger partial charge >= 0.3 is 0 Å². The van der Waals surface area contributed by atoms with Crippen LogP contribution in [0.2, 0.25) is 0 Å². The van der Waals surface area contributed by atoms with E-state index in [4.69, 9.17) is 0 Å². The molecule has 2 aromatic rings. The fraction of sp³-hybridized carbons (Fsp3) is 0.316. The molecule has 0 aliphatic rings. The molecular weight excluding hydrogens is 334 g/mol. The molecule has 0 fully saturated rings. The summed E-state index contributed by atoms with van der Waals surface area (Å²) in [7, 11) is 0. The van der Waals surface area contributed by atoms with Gasteiger partial charge in [-0.25, -0.2) is 4.98 Å². The summed E-state index contributed by atoms with van der Waals surface area (Å²) in [6, 6.07) is 7.23. The van der Waals surface area contributed by atoms with Crippen molar-refractivity contribution < 1.29 is 4.79 Å². The third kappa shape index (κ3) is 4.60.